The van der Waals surface area contributed by atoms with Crippen molar-refractivity contribution in [2.45, 2.75) is 26.7 Å². The maximum atomic E-state index is 13.2. The monoisotopic (exact) mass is 355 g/mol. The van der Waals surface area contributed by atoms with Gasteiger partial charge in [-0.1, -0.05) is 12.1 Å². The average Bonchev–Trinajstić information content (AvgIpc) is 2.95. The standard InChI is InChI=1S/C20H19F2N3O/c1-13-11-14(2)25(24-13)17-7-3-15(4-8-17)5-10-20(26)23-16-6-9-18(21)19(22)12-16/h3-4,6-9,11-12H,5,10H2,1-2H3,(H,23,26). The topological polar surface area (TPSA) is 46.9 Å². The van der Waals surface area contributed by atoms with Gasteiger partial charge in [-0.25, -0.2) is 13.5 Å². The van der Waals surface area contributed by atoms with Gasteiger partial charge in [-0.05, 0) is 56.2 Å². The summed E-state index contributed by atoms with van der Waals surface area (Å²) in [5, 5.41) is 7.01. The van der Waals surface area contributed by atoms with Gasteiger partial charge in [0.05, 0.1) is 11.4 Å². The smallest absolute Gasteiger partial charge is 0.224 e. The van der Waals surface area contributed by atoms with Crippen molar-refractivity contribution < 1.29 is 13.6 Å². The van der Waals surface area contributed by atoms with Crippen LogP contribution in [-0.4, -0.2) is 15.7 Å². The minimum absolute atomic E-state index is 0.244. The number of rotatable bonds is 5. The molecule has 0 radical (unpaired) electrons. The van der Waals surface area contributed by atoms with Crippen molar-refractivity contribution in [2.75, 3.05) is 5.32 Å². The van der Waals surface area contributed by atoms with Crippen LogP contribution in [0.15, 0.2) is 48.5 Å². The van der Waals surface area contributed by atoms with E-state index < -0.39 is 11.6 Å². The molecule has 0 unspecified atom stereocenters. The van der Waals surface area contributed by atoms with E-state index in [2.05, 4.69) is 10.4 Å². The summed E-state index contributed by atoms with van der Waals surface area (Å²) in [6.07, 6.45) is 0.797. The first kappa shape index (κ1) is 17.8. The van der Waals surface area contributed by atoms with Gasteiger partial charge < -0.3 is 5.32 Å². The number of halogens is 2. The molecule has 0 fully saturated rings. The number of nitrogens with one attached hydrogen (secondary N) is 1. The van der Waals surface area contributed by atoms with Gasteiger partial charge >= 0.3 is 0 Å². The first-order valence-corrected chi connectivity index (χ1v) is 8.30. The highest BCUT2D eigenvalue weighted by Crippen LogP contribution is 2.16. The van der Waals surface area contributed by atoms with E-state index in [1.54, 1.807) is 0 Å². The molecule has 26 heavy (non-hydrogen) atoms. The van der Waals surface area contributed by atoms with Crippen LogP contribution in [0.2, 0.25) is 0 Å². The average molecular weight is 355 g/mol. The van der Waals surface area contributed by atoms with Crippen molar-refractivity contribution in [3.05, 3.63) is 77.1 Å². The van der Waals surface area contributed by atoms with E-state index in [1.807, 2.05) is 48.9 Å². The molecule has 1 heterocycles. The molecule has 1 N–H and O–H groups in total. The first-order valence-electron chi connectivity index (χ1n) is 8.30. The molecule has 0 saturated carbocycles. The van der Waals surface area contributed by atoms with Crippen LogP contribution in [0.5, 0.6) is 0 Å². The molecule has 0 aliphatic heterocycles. The van der Waals surface area contributed by atoms with Crippen LogP contribution in [0.1, 0.15) is 23.4 Å². The Bertz CT molecular complexity index is 933. The van der Waals surface area contributed by atoms with Crippen LogP contribution in [0.4, 0.5) is 14.5 Å². The van der Waals surface area contributed by atoms with Crippen molar-refractivity contribution >= 4 is 11.6 Å². The Morgan fingerprint density at radius 1 is 1.04 bits per heavy atom. The van der Waals surface area contributed by atoms with Crippen molar-refractivity contribution in [1.82, 2.24) is 9.78 Å². The fourth-order valence-corrected chi connectivity index (χ4v) is 2.75. The van der Waals surface area contributed by atoms with E-state index >= 15 is 0 Å². The predicted molar refractivity (Wildman–Crippen MR) is 96.3 cm³/mol. The Balaban J connectivity index is 1.58. The van der Waals surface area contributed by atoms with E-state index in [1.165, 1.54) is 6.07 Å². The minimum Gasteiger partial charge on any atom is -0.326 e. The summed E-state index contributed by atoms with van der Waals surface area (Å²) in [6, 6.07) is 13.1. The molecule has 3 rings (SSSR count). The zero-order chi connectivity index (χ0) is 18.7. The number of carbonyl (C=O) groups excluding carboxylic acids is 1. The number of hydrogen-bond acceptors (Lipinski definition) is 2. The Hall–Kier alpha value is -3.02. The van der Waals surface area contributed by atoms with Gasteiger partial charge in [0.1, 0.15) is 0 Å². The molecule has 0 aliphatic rings. The van der Waals surface area contributed by atoms with Crippen LogP contribution in [0.3, 0.4) is 0 Å². The normalized spacial score (nSPS) is 10.8. The lowest BCUT2D eigenvalue weighted by Crippen LogP contribution is -2.12. The summed E-state index contributed by atoms with van der Waals surface area (Å²) in [7, 11) is 0. The zero-order valence-electron chi connectivity index (χ0n) is 14.6. The lowest BCUT2D eigenvalue weighted by atomic mass is 10.1. The highest BCUT2D eigenvalue weighted by Gasteiger charge is 2.08. The molecule has 3 aromatic rings. The number of aryl methyl sites for hydroxylation is 3. The maximum absolute atomic E-state index is 13.2. The summed E-state index contributed by atoms with van der Waals surface area (Å²) in [5.74, 6) is -2.17. The van der Waals surface area contributed by atoms with Gasteiger partial charge in [-0.2, -0.15) is 5.10 Å². The molecule has 0 atom stereocenters. The number of aromatic nitrogens is 2. The summed E-state index contributed by atoms with van der Waals surface area (Å²) >= 11 is 0. The quantitative estimate of drug-likeness (QED) is 0.740. The molecule has 0 saturated heterocycles. The van der Waals surface area contributed by atoms with E-state index in [0.717, 1.165) is 34.8 Å². The largest absolute Gasteiger partial charge is 0.326 e. The fourth-order valence-electron chi connectivity index (χ4n) is 2.75. The van der Waals surface area contributed by atoms with Crippen molar-refractivity contribution in [3.8, 4) is 5.69 Å². The summed E-state index contributed by atoms with van der Waals surface area (Å²) in [4.78, 5) is 12.0. The van der Waals surface area contributed by atoms with Gasteiger partial charge in [0.25, 0.3) is 0 Å². The van der Waals surface area contributed by atoms with E-state index in [-0.39, 0.29) is 18.0 Å². The molecule has 0 bridgehead atoms. The first-order chi connectivity index (χ1) is 12.4. The molecule has 0 spiro atoms. The highest BCUT2D eigenvalue weighted by molar-refractivity contribution is 5.90. The molecule has 1 amide bonds. The van der Waals surface area contributed by atoms with Gasteiger partial charge in [-0.3, -0.25) is 4.79 Å². The second-order valence-corrected chi connectivity index (χ2v) is 6.18. The Kier molecular flexibility index (Phi) is 5.11. The van der Waals surface area contributed by atoms with Crippen LogP contribution >= 0.6 is 0 Å². The molecule has 6 heteroatoms. The number of anilines is 1. The summed E-state index contributed by atoms with van der Waals surface area (Å²) in [6.45, 7) is 3.94. The third-order valence-corrected chi connectivity index (χ3v) is 4.03. The molecule has 2 aromatic carbocycles. The lowest BCUT2D eigenvalue weighted by Gasteiger charge is -2.07. The van der Waals surface area contributed by atoms with Crippen molar-refractivity contribution in [1.29, 1.82) is 0 Å². The number of carbonyl (C=O) groups is 1. The van der Waals surface area contributed by atoms with Crippen LogP contribution in [0, 0.1) is 25.5 Å². The number of nitrogens with zero attached hydrogens (tertiary/aromatic N) is 2. The van der Waals surface area contributed by atoms with E-state index in [4.69, 9.17) is 0 Å². The zero-order valence-corrected chi connectivity index (χ0v) is 14.6. The van der Waals surface area contributed by atoms with Gasteiger partial charge in [-0.15, -0.1) is 0 Å². The van der Waals surface area contributed by atoms with Crippen LogP contribution in [-0.2, 0) is 11.2 Å². The predicted octanol–water partition coefficient (Wildman–Crippen LogP) is 4.34. The number of hydrogen-bond donors (Lipinski definition) is 1. The summed E-state index contributed by atoms with van der Waals surface area (Å²) in [5.41, 5.74) is 4.23. The van der Waals surface area contributed by atoms with E-state index in [9.17, 15) is 13.6 Å². The second-order valence-electron chi connectivity index (χ2n) is 6.18. The third kappa shape index (κ3) is 4.14. The SMILES string of the molecule is Cc1cc(C)n(-c2ccc(CCC(=O)Nc3ccc(F)c(F)c3)cc2)n1. The number of amides is 1. The maximum Gasteiger partial charge on any atom is 0.224 e. The van der Waals surface area contributed by atoms with Crippen LogP contribution < -0.4 is 5.32 Å². The fraction of sp³-hybridized carbons (Fsp3) is 0.200. The van der Waals surface area contributed by atoms with E-state index in [0.29, 0.717) is 6.42 Å². The molecule has 0 aliphatic carbocycles. The van der Waals surface area contributed by atoms with Gasteiger partial charge in [0, 0.05) is 23.9 Å². The second kappa shape index (κ2) is 7.47. The Morgan fingerprint density at radius 3 is 2.38 bits per heavy atom. The molecule has 134 valence electrons. The molecule has 4 nitrogen and oxygen atoms in total. The highest BCUT2D eigenvalue weighted by atomic mass is 19.2. The molecular weight excluding hydrogens is 336 g/mol. The minimum atomic E-state index is -0.984. The van der Waals surface area contributed by atoms with Crippen LogP contribution in [0.25, 0.3) is 5.69 Å². The summed E-state index contributed by atoms with van der Waals surface area (Å²) < 4.78 is 27.9. The van der Waals surface area contributed by atoms with Gasteiger partial charge in [0.15, 0.2) is 11.6 Å². The Labute approximate surface area is 150 Å². The molecule has 1 aromatic heterocycles. The Morgan fingerprint density at radius 2 is 1.77 bits per heavy atom. The van der Waals surface area contributed by atoms with Crippen molar-refractivity contribution in [2.24, 2.45) is 0 Å². The third-order valence-electron chi connectivity index (χ3n) is 4.03. The lowest BCUT2D eigenvalue weighted by molar-refractivity contribution is -0.116. The number of benzene rings is 2. The van der Waals surface area contributed by atoms with Gasteiger partial charge in [0.2, 0.25) is 5.91 Å². The van der Waals surface area contributed by atoms with Crippen molar-refractivity contribution in [3.63, 3.8) is 0 Å². The molecular formula is C20H19F2N3O.